The van der Waals surface area contributed by atoms with E-state index in [9.17, 15) is 4.79 Å². The van der Waals surface area contributed by atoms with Crippen LogP contribution in [-0.4, -0.2) is 30.4 Å². The minimum absolute atomic E-state index is 0.337. The SMILES string of the molecule is O=CC1CCC(NN2CCCCC2)CC1. The molecule has 0 aromatic carbocycles. The lowest BCUT2D eigenvalue weighted by Crippen LogP contribution is -2.48. The second-order valence-electron chi connectivity index (χ2n) is 4.92. The van der Waals surface area contributed by atoms with E-state index in [0.29, 0.717) is 12.0 Å². The van der Waals surface area contributed by atoms with Crippen molar-refractivity contribution in [1.29, 1.82) is 0 Å². The molecule has 1 aliphatic carbocycles. The summed E-state index contributed by atoms with van der Waals surface area (Å²) >= 11 is 0. The maximum Gasteiger partial charge on any atom is 0.123 e. The normalized spacial score (nSPS) is 33.9. The maximum atomic E-state index is 10.6. The van der Waals surface area contributed by atoms with Crippen molar-refractivity contribution in [2.24, 2.45) is 5.92 Å². The van der Waals surface area contributed by atoms with Crippen LogP contribution < -0.4 is 5.43 Å². The highest BCUT2D eigenvalue weighted by molar-refractivity contribution is 5.53. The average Bonchev–Trinajstić information content (AvgIpc) is 2.31. The van der Waals surface area contributed by atoms with Gasteiger partial charge in [-0.15, -0.1) is 0 Å². The molecular formula is C12H22N2O. The van der Waals surface area contributed by atoms with E-state index in [1.165, 1.54) is 45.2 Å². The number of hydrazine groups is 1. The molecule has 2 aliphatic rings. The van der Waals surface area contributed by atoms with Gasteiger partial charge in [0.1, 0.15) is 6.29 Å². The molecule has 0 spiro atoms. The molecule has 1 aliphatic heterocycles. The summed E-state index contributed by atoms with van der Waals surface area (Å²) in [7, 11) is 0. The van der Waals surface area contributed by atoms with Crippen molar-refractivity contribution in [3.63, 3.8) is 0 Å². The number of rotatable bonds is 3. The number of nitrogens with one attached hydrogen (secondary N) is 1. The first-order valence-electron chi connectivity index (χ1n) is 6.35. The Morgan fingerprint density at radius 2 is 1.67 bits per heavy atom. The van der Waals surface area contributed by atoms with Crippen LogP contribution in [0.15, 0.2) is 0 Å². The van der Waals surface area contributed by atoms with Crippen LogP contribution in [0.5, 0.6) is 0 Å². The molecule has 3 heteroatoms. The van der Waals surface area contributed by atoms with E-state index in [0.717, 1.165) is 19.1 Å². The Bertz CT molecular complexity index is 194. The van der Waals surface area contributed by atoms with Crippen molar-refractivity contribution in [3.8, 4) is 0 Å². The molecule has 0 aromatic heterocycles. The average molecular weight is 210 g/mol. The zero-order chi connectivity index (χ0) is 10.5. The molecule has 0 aromatic rings. The molecule has 15 heavy (non-hydrogen) atoms. The molecule has 1 heterocycles. The van der Waals surface area contributed by atoms with Crippen LogP contribution in [-0.2, 0) is 4.79 Å². The first kappa shape index (κ1) is 11.1. The largest absolute Gasteiger partial charge is 0.303 e. The molecule has 0 unspecified atom stereocenters. The highest BCUT2D eigenvalue weighted by Crippen LogP contribution is 2.23. The fraction of sp³-hybridized carbons (Fsp3) is 0.917. The van der Waals surface area contributed by atoms with Gasteiger partial charge in [-0.3, -0.25) is 5.43 Å². The van der Waals surface area contributed by atoms with E-state index in [1.807, 2.05) is 0 Å². The first-order valence-corrected chi connectivity index (χ1v) is 6.35. The quantitative estimate of drug-likeness (QED) is 0.720. The summed E-state index contributed by atoms with van der Waals surface area (Å²) in [4.78, 5) is 10.6. The van der Waals surface area contributed by atoms with E-state index in [4.69, 9.17) is 0 Å². The lowest BCUT2D eigenvalue weighted by atomic mass is 9.87. The maximum absolute atomic E-state index is 10.6. The van der Waals surface area contributed by atoms with Crippen molar-refractivity contribution in [1.82, 2.24) is 10.4 Å². The monoisotopic (exact) mass is 210 g/mol. The Hall–Kier alpha value is -0.410. The molecular weight excluding hydrogens is 188 g/mol. The molecule has 2 rings (SSSR count). The van der Waals surface area contributed by atoms with E-state index in [-0.39, 0.29) is 0 Å². The predicted octanol–water partition coefficient (Wildman–Crippen LogP) is 1.73. The molecule has 0 amide bonds. The minimum atomic E-state index is 0.337. The molecule has 0 bridgehead atoms. The second kappa shape index (κ2) is 5.61. The lowest BCUT2D eigenvalue weighted by molar-refractivity contribution is -0.112. The molecule has 1 N–H and O–H groups in total. The molecule has 1 saturated carbocycles. The number of hydrogen-bond acceptors (Lipinski definition) is 3. The van der Waals surface area contributed by atoms with Crippen molar-refractivity contribution < 1.29 is 4.79 Å². The molecule has 0 radical (unpaired) electrons. The summed E-state index contributed by atoms with van der Waals surface area (Å²) in [5, 5.41) is 2.38. The molecule has 86 valence electrons. The van der Waals surface area contributed by atoms with E-state index in [1.54, 1.807) is 0 Å². The summed E-state index contributed by atoms with van der Waals surface area (Å²) in [6.45, 7) is 2.40. The van der Waals surface area contributed by atoms with Crippen LogP contribution in [0, 0.1) is 5.92 Å². The van der Waals surface area contributed by atoms with Crippen LogP contribution in [0.3, 0.4) is 0 Å². The summed E-state index contributed by atoms with van der Waals surface area (Å²) in [5.41, 5.74) is 3.62. The van der Waals surface area contributed by atoms with Crippen LogP contribution >= 0.6 is 0 Å². The number of hydrogen-bond donors (Lipinski definition) is 1. The van der Waals surface area contributed by atoms with Gasteiger partial charge in [-0.25, -0.2) is 5.01 Å². The van der Waals surface area contributed by atoms with E-state index in [2.05, 4.69) is 10.4 Å². The Morgan fingerprint density at radius 1 is 1.00 bits per heavy atom. The van der Waals surface area contributed by atoms with Crippen molar-refractivity contribution in [2.45, 2.75) is 51.0 Å². The van der Waals surface area contributed by atoms with Gasteiger partial charge in [-0.05, 0) is 38.5 Å². The molecule has 3 nitrogen and oxygen atoms in total. The van der Waals surface area contributed by atoms with Gasteiger partial charge >= 0.3 is 0 Å². The van der Waals surface area contributed by atoms with Gasteiger partial charge in [0.2, 0.25) is 0 Å². The van der Waals surface area contributed by atoms with Crippen LogP contribution in [0.1, 0.15) is 44.9 Å². The number of carbonyl (C=O) groups is 1. The van der Waals surface area contributed by atoms with Gasteiger partial charge < -0.3 is 4.79 Å². The zero-order valence-electron chi connectivity index (χ0n) is 9.45. The van der Waals surface area contributed by atoms with E-state index >= 15 is 0 Å². The van der Waals surface area contributed by atoms with Crippen molar-refractivity contribution in [2.75, 3.05) is 13.1 Å². The van der Waals surface area contributed by atoms with Gasteiger partial charge in [0.25, 0.3) is 0 Å². The summed E-state index contributed by atoms with van der Waals surface area (Å²) in [6, 6.07) is 0.624. The number of piperidine rings is 1. The lowest BCUT2D eigenvalue weighted by Gasteiger charge is -2.34. The first-order chi connectivity index (χ1) is 7.38. The Morgan fingerprint density at radius 3 is 2.27 bits per heavy atom. The fourth-order valence-corrected chi connectivity index (χ4v) is 2.67. The summed E-state index contributed by atoms with van der Waals surface area (Å²) < 4.78 is 0. The highest BCUT2D eigenvalue weighted by atomic mass is 16.1. The third kappa shape index (κ3) is 3.28. The fourth-order valence-electron chi connectivity index (χ4n) is 2.67. The minimum Gasteiger partial charge on any atom is -0.303 e. The van der Waals surface area contributed by atoms with Crippen molar-refractivity contribution in [3.05, 3.63) is 0 Å². The van der Waals surface area contributed by atoms with E-state index < -0.39 is 0 Å². The van der Waals surface area contributed by atoms with Gasteiger partial charge in [-0.1, -0.05) is 6.42 Å². The third-order valence-electron chi connectivity index (χ3n) is 3.69. The number of aldehydes is 1. The summed E-state index contributed by atoms with van der Waals surface area (Å²) in [6.07, 6.45) is 9.67. The van der Waals surface area contributed by atoms with Gasteiger partial charge in [0.05, 0.1) is 0 Å². The smallest absolute Gasteiger partial charge is 0.123 e. The molecule has 1 saturated heterocycles. The zero-order valence-corrected chi connectivity index (χ0v) is 9.45. The van der Waals surface area contributed by atoms with Gasteiger partial charge in [-0.2, -0.15) is 0 Å². The Kier molecular flexibility index (Phi) is 4.15. The number of nitrogens with zero attached hydrogens (tertiary/aromatic N) is 1. The van der Waals surface area contributed by atoms with Crippen molar-refractivity contribution >= 4 is 6.29 Å². The van der Waals surface area contributed by atoms with Crippen LogP contribution in [0.4, 0.5) is 0 Å². The highest BCUT2D eigenvalue weighted by Gasteiger charge is 2.22. The summed E-state index contributed by atoms with van der Waals surface area (Å²) in [5.74, 6) is 0.337. The Balaban J connectivity index is 1.69. The second-order valence-corrected chi connectivity index (χ2v) is 4.92. The topological polar surface area (TPSA) is 32.3 Å². The molecule has 2 fully saturated rings. The third-order valence-corrected chi connectivity index (χ3v) is 3.69. The molecule has 0 atom stereocenters. The predicted molar refractivity (Wildman–Crippen MR) is 60.4 cm³/mol. The van der Waals surface area contributed by atoms with Gasteiger partial charge in [0.15, 0.2) is 0 Å². The number of carbonyl (C=O) groups excluding carboxylic acids is 1. The van der Waals surface area contributed by atoms with Gasteiger partial charge in [0, 0.05) is 25.0 Å². The van der Waals surface area contributed by atoms with Crippen LogP contribution in [0.25, 0.3) is 0 Å². The Labute approximate surface area is 92.2 Å². The van der Waals surface area contributed by atoms with Crippen LogP contribution in [0.2, 0.25) is 0 Å². The standard InChI is InChI=1S/C12H22N2O/c15-10-11-4-6-12(7-5-11)13-14-8-2-1-3-9-14/h10-13H,1-9H2.